The fraction of sp³-hybridized carbons (Fsp3) is 0.111. The van der Waals surface area contributed by atoms with Crippen LogP contribution in [0.3, 0.4) is 0 Å². The molecule has 16 heavy (non-hydrogen) atoms. The van der Waals surface area contributed by atoms with Crippen LogP contribution in [0.5, 0.6) is 0 Å². The van der Waals surface area contributed by atoms with E-state index < -0.39 is 12.1 Å². The smallest absolute Gasteiger partial charge is 0.428 e. The predicted molar refractivity (Wildman–Crippen MR) is 51.6 cm³/mol. The Labute approximate surface area is 88.4 Å². The van der Waals surface area contributed by atoms with E-state index in [1.54, 1.807) is 0 Å². The average molecular weight is 232 g/mol. The number of nitrogens with one attached hydrogen (secondary N) is 1. The first-order valence-electron chi connectivity index (χ1n) is 4.09. The number of aromatic carboxylic acids is 1. The maximum Gasteiger partial charge on any atom is 0.428 e. The molecule has 0 aromatic heterocycles. The van der Waals surface area contributed by atoms with Gasteiger partial charge in [0, 0.05) is 0 Å². The van der Waals surface area contributed by atoms with Crippen molar-refractivity contribution in [2.45, 2.75) is 6.18 Å². The summed E-state index contributed by atoms with van der Waals surface area (Å²) in [4.78, 5) is 10.5. The minimum absolute atomic E-state index is 0.0466. The molecule has 0 aliphatic rings. The third kappa shape index (κ3) is 3.99. The van der Waals surface area contributed by atoms with E-state index >= 15 is 0 Å². The summed E-state index contributed by atoms with van der Waals surface area (Å²) in [6, 6.07) is 5.15. The van der Waals surface area contributed by atoms with Crippen molar-refractivity contribution in [3.63, 3.8) is 0 Å². The summed E-state index contributed by atoms with van der Waals surface area (Å²) in [6.07, 6.45) is -4.67. The minimum Gasteiger partial charge on any atom is -0.478 e. The number of rotatable bonds is 3. The second kappa shape index (κ2) is 4.65. The zero-order valence-corrected chi connectivity index (χ0v) is 7.82. The molecule has 0 atom stereocenters. The number of anilines is 1. The molecule has 2 N–H and O–H groups in total. The van der Waals surface area contributed by atoms with Gasteiger partial charge in [-0.2, -0.15) is 18.3 Å². The fourth-order valence-corrected chi connectivity index (χ4v) is 0.867. The quantitative estimate of drug-likeness (QED) is 0.621. The van der Waals surface area contributed by atoms with Crippen LogP contribution < -0.4 is 5.43 Å². The van der Waals surface area contributed by atoms with Crippen LogP contribution in [-0.2, 0) is 0 Å². The van der Waals surface area contributed by atoms with E-state index in [1.807, 2.05) is 0 Å². The number of carboxylic acid groups (broad SMARTS) is 1. The Morgan fingerprint density at radius 2 is 1.88 bits per heavy atom. The highest BCUT2D eigenvalue weighted by molar-refractivity contribution is 5.88. The summed E-state index contributed by atoms with van der Waals surface area (Å²) in [6.45, 7) is 0. The van der Waals surface area contributed by atoms with E-state index in [-0.39, 0.29) is 17.5 Å². The number of alkyl halides is 3. The van der Waals surface area contributed by atoms with Crippen molar-refractivity contribution in [1.29, 1.82) is 0 Å². The van der Waals surface area contributed by atoms with Gasteiger partial charge in [-0.1, -0.05) is 0 Å². The largest absolute Gasteiger partial charge is 0.478 e. The molecule has 0 aliphatic heterocycles. The molecule has 0 saturated heterocycles. The summed E-state index contributed by atoms with van der Waals surface area (Å²) in [7, 11) is 0. The molecule has 1 aromatic rings. The number of hydrogen-bond donors (Lipinski definition) is 2. The van der Waals surface area contributed by atoms with E-state index in [2.05, 4.69) is 10.5 Å². The number of carbonyl (C=O) groups is 1. The minimum atomic E-state index is -4.48. The van der Waals surface area contributed by atoms with Gasteiger partial charge in [0.05, 0.1) is 11.3 Å². The monoisotopic (exact) mass is 232 g/mol. The van der Waals surface area contributed by atoms with Gasteiger partial charge in [-0.15, -0.1) is 0 Å². The first kappa shape index (κ1) is 12.0. The highest BCUT2D eigenvalue weighted by Crippen LogP contribution is 2.12. The lowest BCUT2D eigenvalue weighted by Gasteiger charge is -2.01. The second-order valence-corrected chi connectivity index (χ2v) is 2.79. The number of nitrogens with zero attached hydrogens (tertiary/aromatic N) is 1. The Morgan fingerprint density at radius 1 is 1.31 bits per heavy atom. The Bertz CT molecular complexity index is 398. The van der Waals surface area contributed by atoms with Crippen LogP contribution in [0.2, 0.25) is 0 Å². The Kier molecular flexibility index (Phi) is 3.49. The molecule has 7 heteroatoms. The first-order valence-corrected chi connectivity index (χ1v) is 4.09. The first-order chi connectivity index (χ1) is 7.38. The van der Waals surface area contributed by atoms with Crippen molar-refractivity contribution in [3.8, 4) is 0 Å². The molecule has 0 aliphatic carbocycles. The van der Waals surface area contributed by atoms with E-state index in [0.29, 0.717) is 0 Å². The van der Waals surface area contributed by atoms with Gasteiger partial charge in [0.1, 0.15) is 6.21 Å². The zero-order valence-electron chi connectivity index (χ0n) is 7.82. The molecule has 1 rings (SSSR count). The lowest BCUT2D eigenvalue weighted by atomic mass is 10.2. The molecule has 0 amide bonds. The third-order valence-electron chi connectivity index (χ3n) is 1.54. The van der Waals surface area contributed by atoms with Crippen LogP contribution in [0.1, 0.15) is 10.4 Å². The molecule has 0 unspecified atom stereocenters. The van der Waals surface area contributed by atoms with Gasteiger partial charge in [-0.25, -0.2) is 4.79 Å². The maximum atomic E-state index is 11.7. The summed E-state index contributed by atoms with van der Waals surface area (Å²) in [5, 5.41) is 11.5. The number of carboxylic acids is 1. The Morgan fingerprint density at radius 3 is 2.31 bits per heavy atom. The molecule has 0 bridgehead atoms. The van der Waals surface area contributed by atoms with E-state index in [0.717, 1.165) is 0 Å². The number of halogens is 3. The van der Waals surface area contributed by atoms with Gasteiger partial charge in [0.15, 0.2) is 0 Å². The van der Waals surface area contributed by atoms with Gasteiger partial charge in [0.25, 0.3) is 0 Å². The molecular formula is C9H7F3N2O2. The molecule has 0 heterocycles. The molecule has 1 aromatic carbocycles. The van der Waals surface area contributed by atoms with E-state index in [1.165, 1.54) is 24.3 Å². The highest BCUT2D eigenvalue weighted by Gasteiger charge is 2.23. The van der Waals surface area contributed by atoms with Gasteiger partial charge >= 0.3 is 12.1 Å². The SMILES string of the molecule is O=C(O)c1ccc(N/N=C\C(F)(F)F)cc1. The number of benzene rings is 1. The van der Waals surface area contributed by atoms with Crippen molar-refractivity contribution in [2.75, 3.05) is 5.43 Å². The van der Waals surface area contributed by atoms with Crippen molar-refractivity contribution in [1.82, 2.24) is 0 Å². The topological polar surface area (TPSA) is 61.7 Å². The van der Waals surface area contributed by atoms with Crippen molar-refractivity contribution >= 4 is 17.9 Å². The van der Waals surface area contributed by atoms with Crippen LogP contribution in [0.15, 0.2) is 29.4 Å². The average Bonchev–Trinajstić information content (AvgIpc) is 2.16. The Balaban J connectivity index is 2.63. The van der Waals surface area contributed by atoms with Gasteiger partial charge in [0.2, 0.25) is 0 Å². The van der Waals surface area contributed by atoms with Crippen molar-refractivity contribution < 1.29 is 23.1 Å². The summed E-state index contributed by atoms with van der Waals surface area (Å²) < 4.78 is 35.0. The van der Waals surface area contributed by atoms with Crippen LogP contribution in [-0.4, -0.2) is 23.5 Å². The molecule has 0 saturated carbocycles. The van der Waals surface area contributed by atoms with E-state index in [4.69, 9.17) is 5.11 Å². The fourth-order valence-electron chi connectivity index (χ4n) is 0.867. The zero-order chi connectivity index (χ0) is 12.2. The normalized spacial score (nSPS) is 11.7. The van der Waals surface area contributed by atoms with Crippen LogP contribution >= 0.6 is 0 Å². The predicted octanol–water partition coefficient (Wildman–Crippen LogP) is 2.34. The molecule has 0 radical (unpaired) electrons. The lowest BCUT2D eigenvalue weighted by molar-refractivity contribution is -0.0536. The molecule has 4 nitrogen and oxygen atoms in total. The Hall–Kier alpha value is -2.05. The summed E-state index contributed by atoms with van der Waals surface area (Å²) in [5.41, 5.74) is 2.44. The van der Waals surface area contributed by atoms with Gasteiger partial charge in [-0.3, -0.25) is 5.43 Å². The van der Waals surface area contributed by atoms with Crippen LogP contribution in [0, 0.1) is 0 Å². The van der Waals surface area contributed by atoms with Crippen molar-refractivity contribution in [2.24, 2.45) is 5.10 Å². The van der Waals surface area contributed by atoms with Crippen LogP contribution in [0.4, 0.5) is 18.9 Å². The molecule has 86 valence electrons. The summed E-state index contributed by atoms with van der Waals surface area (Å²) >= 11 is 0. The number of hydrazone groups is 1. The standard InChI is InChI=1S/C9H7F3N2O2/c10-9(11,12)5-13-14-7-3-1-6(2-4-7)8(15)16/h1-5,14H,(H,15,16)/b13-5-. The van der Waals surface area contributed by atoms with E-state index in [9.17, 15) is 18.0 Å². The molecule has 0 fully saturated rings. The van der Waals surface area contributed by atoms with Crippen molar-refractivity contribution in [3.05, 3.63) is 29.8 Å². The highest BCUT2D eigenvalue weighted by atomic mass is 19.4. The summed E-state index contributed by atoms with van der Waals surface area (Å²) in [5.74, 6) is -1.11. The molecule has 0 spiro atoms. The lowest BCUT2D eigenvalue weighted by Crippen LogP contribution is -2.09. The second-order valence-electron chi connectivity index (χ2n) is 2.79. The number of hydrogen-bond acceptors (Lipinski definition) is 3. The maximum absolute atomic E-state index is 11.7. The van der Waals surface area contributed by atoms with Crippen LogP contribution in [0.25, 0.3) is 0 Å². The third-order valence-corrected chi connectivity index (χ3v) is 1.54. The molecular weight excluding hydrogens is 225 g/mol. The van der Waals surface area contributed by atoms with Gasteiger partial charge in [-0.05, 0) is 24.3 Å². The van der Waals surface area contributed by atoms with Gasteiger partial charge < -0.3 is 5.11 Å².